The standard InChI is InChI=1S/C22H26N4O.HI/c1-16-9-11-18(12-10-16)17(2)13-24-22(23-3)25-14-20-15-27-21(26-20)19-7-5-4-6-8-19;/h4-12,15,17H,13-14H2,1-3H3,(H2,23,24,25);1H. The van der Waals surface area contributed by atoms with Crippen molar-refractivity contribution in [3.63, 3.8) is 0 Å². The van der Waals surface area contributed by atoms with Crippen molar-refractivity contribution >= 4 is 29.9 Å². The van der Waals surface area contributed by atoms with E-state index in [-0.39, 0.29) is 24.0 Å². The van der Waals surface area contributed by atoms with E-state index in [4.69, 9.17) is 4.42 Å². The van der Waals surface area contributed by atoms with Crippen LogP contribution in [0.2, 0.25) is 0 Å². The molecular weight excluding hydrogens is 463 g/mol. The summed E-state index contributed by atoms with van der Waals surface area (Å²) >= 11 is 0. The van der Waals surface area contributed by atoms with Crippen LogP contribution in [-0.2, 0) is 6.54 Å². The van der Waals surface area contributed by atoms with E-state index in [9.17, 15) is 0 Å². The summed E-state index contributed by atoms with van der Waals surface area (Å²) in [6, 6.07) is 18.5. The van der Waals surface area contributed by atoms with Crippen LogP contribution in [0.3, 0.4) is 0 Å². The van der Waals surface area contributed by atoms with Gasteiger partial charge in [-0.25, -0.2) is 4.98 Å². The third-order valence-electron chi connectivity index (χ3n) is 4.46. The smallest absolute Gasteiger partial charge is 0.226 e. The summed E-state index contributed by atoms with van der Waals surface area (Å²) in [7, 11) is 1.77. The van der Waals surface area contributed by atoms with E-state index in [0.29, 0.717) is 18.4 Å². The van der Waals surface area contributed by atoms with Crippen LogP contribution >= 0.6 is 24.0 Å². The maximum Gasteiger partial charge on any atom is 0.226 e. The van der Waals surface area contributed by atoms with Crippen LogP contribution in [0.5, 0.6) is 0 Å². The molecule has 3 rings (SSSR count). The van der Waals surface area contributed by atoms with Crippen LogP contribution in [0.4, 0.5) is 0 Å². The molecule has 0 saturated carbocycles. The number of aryl methyl sites for hydroxylation is 1. The minimum Gasteiger partial charge on any atom is -0.444 e. The van der Waals surface area contributed by atoms with Gasteiger partial charge in [0.05, 0.1) is 12.2 Å². The Kier molecular flexibility index (Phi) is 8.50. The van der Waals surface area contributed by atoms with Crippen LogP contribution in [0.15, 0.2) is 70.3 Å². The predicted octanol–water partition coefficient (Wildman–Crippen LogP) is 4.74. The molecule has 0 amide bonds. The second-order valence-electron chi connectivity index (χ2n) is 6.63. The summed E-state index contributed by atoms with van der Waals surface area (Å²) in [5, 5.41) is 6.65. The number of benzene rings is 2. The van der Waals surface area contributed by atoms with Crippen LogP contribution in [-0.4, -0.2) is 24.5 Å². The Balaban J connectivity index is 0.00000280. The zero-order chi connectivity index (χ0) is 19.1. The van der Waals surface area contributed by atoms with Crippen molar-refractivity contribution in [1.29, 1.82) is 0 Å². The lowest BCUT2D eigenvalue weighted by Gasteiger charge is -2.16. The lowest BCUT2D eigenvalue weighted by molar-refractivity contribution is 0.572. The highest BCUT2D eigenvalue weighted by atomic mass is 127. The van der Waals surface area contributed by atoms with E-state index in [2.05, 4.69) is 58.7 Å². The molecule has 0 spiro atoms. The maximum atomic E-state index is 5.57. The zero-order valence-corrected chi connectivity index (χ0v) is 18.8. The van der Waals surface area contributed by atoms with Gasteiger partial charge in [0.1, 0.15) is 6.26 Å². The summed E-state index contributed by atoms with van der Waals surface area (Å²) in [5.41, 5.74) is 4.40. The Bertz CT molecular complexity index is 875. The number of aliphatic imine (C=N–C) groups is 1. The number of halogens is 1. The molecule has 1 unspecified atom stereocenters. The van der Waals surface area contributed by atoms with E-state index >= 15 is 0 Å². The van der Waals surface area contributed by atoms with Crippen LogP contribution in [0.25, 0.3) is 11.5 Å². The van der Waals surface area contributed by atoms with Crippen molar-refractivity contribution in [3.05, 3.63) is 77.7 Å². The van der Waals surface area contributed by atoms with Crippen molar-refractivity contribution in [3.8, 4) is 11.5 Å². The first kappa shape index (κ1) is 21.9. The normalized spacial score (nSPS) is 12.2. The molecule has 0 aliphatic heterocycles. The number of nitrogens with one attached hydrogen (secondary N) is 2. The van der Waals surface area contributed by atoms with Gasteiger partial charge in [-0.2, -0.15) is 0 Å². The fraction of sp³-hybridized carbons (Fsp3) is 0.273. The lowest BCUT2D eigenvalue weighted by atomic mass is 10.0. The van der Waals surface area contributed by atoms with Gasteiger partial charge in [-0.1, -0.05) is 55.0 Å². The predicted molar refractivity (Wildman–Crippen MR) is 125 cm³/mol. The topological polar surface area (TPSA) is 62.5 Å². The Morgan fingerprint density at radius 1 is 1.07 bits per heavy atom. The van der Waals surface area contributed by atoms with E-state index in [1.54, 1.807) is 13.3 Å². The molecule has 0 fully saturated rings. The monoisotopic (exact) mass is 490 g/mol. The molecule has 5 nitrogen and oxygen atoms in total. The van der Waals surface area contributed by atoms with Gasteiger partial charge in [-0.05, 0) is 30.5 Å². The molecule has 1 aromatic heterocycles. The number of aromatic nitrogens is 1. The van der Waals surface area contributed by atoms with Crippen LogP contribution in [0.1, 0.15) is 29.7 Å². The Hall–Kier alpha value is -2.35. The fourth-order valence-corrected chi connectivity index (χ4v) is 2.76. The number of nitrogens with zero attached hydrogens (tertiary/aromatic N) is 2. The number of rotatable bonds is 6. The van der Waals surface area contributed by atoms with Gasteiger partial charge in [0.15, 0.2) is 5.96 Å². The van der Waals surface area contributed by atoms with Gasteiger partial charge in [-0.3, -0.25) is 4.99 Å². The third-order valence-corrected chi connectivity index (χ3v) is 4.46. The van der Waals surface area contributed by atoms with E-state index in [1.165, 1.54) is 11.1 Å². The Morgan fingerprint density at radius 2 is 1.79 bits per heavy atom. The molecule has 1 heterocycles. The molecule has 1 atom stereocenters. The second-order valence-corrected chi connectivity index (χ2v) is 6.63. The summed E-state index contributed by atoms with van der Waals surface area (Å²) in [5.74, 6) is 1.77. The summed E-state index contributed by atoms with van der Waals surface area (Å²) < 4.78 is 5.57. The minimum absolute atomic E-state index is 0. The van der Waals surface area contributed by atoms with Gasteiger partial charge < -0.3 is 15.1 Å². The molecule has 0 aliphatic carbocycles. The van der Waals surface area contributed by atoms with E-state index in [1.807, 2.05) is 30.3 Å². The Labute approximate surface area is 183 Å². The zero-order valence-electron chi connectivity index (χ0n) is 16.5. The van der Waals surface area contributed by atoms with E-state index < -0.39 is 0 Å². The first-order valence-electron chi connectivity index (χ1n) is 9.16. The summed E-state index contributed by atoms with van der Waals surface area (Å²) in [6.45, 7) is 5.66. The highest BCUT2D eigenvalue weighted by Crippen LogP contribution is 2.18. The molecular formula is C22H27IN4O. The molecule has 0 aliphatic rings. The molecule has 2 N–H and O–H groups in total. The van der Waals surface area contributed by atoms with Gasteiger partial charge in [0, 0.05) is 19.2 Å². The van der Waals surface area contributed by atoms with Crippen LogP contribution in [0, 0.1) is 6.92 Å². The average molecular weight is 490 g/mol. The average Bonchev–Trinajstić information content (AvgIpc) is 3.18. The first-order valence-corrected chi connectivity index (χ1v) is 9.16. The number of oxazole rings is 1. The highest BCUT2D eigenvalue weighted by Gasteiger charge is 2.09. The highest BCUT2D eigenvalue weighted by molar-refractivity contribution is 14.0. The largest absolute Gasteiger partial charge is 0.444 e. The number of hydrogen-bond acceptors (Lipinski definition) is 3. The third kappa shape index (κ3) is 6.09. The van der Waals surface area contributed by atoms with Crippen molar-refractivity contribution in [2.45, 2.75) is 26.3 Å². The van der Waals surface area contributed by atoms with Gasteiger partial charge in [0.25, 0.3) is 0 Å². The molecule has 6 heteroatoms. The minimum atomic E-state index is 0. The van der Waals surface area contributed by atoms with Crippen molar-refractivity contribution in [2.24, 2.45) is 4.99 Å². The van der Waals surface area contributed by atoms with E-state index in [0.717, 1.165) is 23.8 Å². The van der Waals surface area contributed by atoms with Crippen molar-refractivity contribution < 1.29 is 4.42 Å². The van der Waals surface area contributed by atoms with Gasteiger partial charge in [-0.15, -0.1) is 24.0 Å². The van der Waals surface area contributed by atoms with Crippen molar-refractivity contribution in [2.75, 3.05) is 13.6 Å². The second kappa shape index (κ2) is 10.8. The molecule has 0 radical (unpaired) electrons. The molecule has 28 heavy (non-hydrogen) atoms. The molecule has 148 valence electrons. The quantitative estimate of drug-likeness (QED) is 0.298. The first-order chi connectivity index (χ1) is 13.2. The molecule has 2 aromatic carbocycles. The lowest BCUT2D eigenvalue weighted by Crippen LogP contribution is -2.38. The molecule has 0 bridgehead atoms. The molecule has 0 saturated heterocycles. The fourth-order valence-electron chi connectivity index (χ4n) is 2.76. The SMILES string of the molecule is CN=C(NCc1coc(-c2ccccc2)n1)NCC(C)c1ccc(C)cc1.I. The maximum absolute atomic E-state index is 5.57. The van der Waals surface area contributed by atoms with Gasteiger partial charge >= 0.3 is 0 Å². The number of hydrogen-bond donors (Lipinski definition) is 2. The molecule has 3 aromatic rings. The van der Waals surface area contributed by atoms with Crippen molar-refractivity contribution in [1.82, 2.24) is 15.6 Å². The number of guanidine groups is 1. The van der Waals surface area contributed by atoms with Gasteiger partial charge in [0.2, 0.25) is 5.89 Å². The van der Waals surface area contributed by atoms with Crippen LogP contribution < -0.4 is 10.6 Å². The summed E-state index contributed by atoms with van der Waals surface area (Å²) in [6.07, 6.45) is 1.68. The Morgan fingerprint density at radius 3 is 2.46 bits per heavy atom. The summed E-state index contributed by atoms with van der Waals surface area (Å²) in [4.78, 5) is 8.81.